The molecular weight excluding hydrogens is 292 g/mol. The van der Waals surface area contributed by atoms with Crippen molar-refractivity contribution in [2.24, 2.45) is 10.7 Å². The van der Waals surface area contributed by atoms with Gasteiger partial charge < -0.3 is 10.6 Å². The molecule has 0 bridgehead atoms. The van der Waals surface area contributed by atoms with Crippen LogP contribution in [-0.2, 0) is 0 Å². The Balaban J connectivity index is 3.43. The Kier molecular flexibility index (Phi) is 4.56. The second-order valence-corrected chi connectivity index (χ2v) is 4.53. The predicted octanol–water partition coefficient (Wildman–Crippen LogP) is 3.68. The average Bonchev–Trinajstić information content (AvgIpc) is 2.25. The van der Waals surface area contributed by atoms with E-state index in [1.54, 1.807) is 14.1 Å². The van der Waals surface area contributed by atoms with Crippen molar-refractivity contribution in [3.63, 3.8) is 0 Å². The summed E-state index contributed by atoms with van der Waals surface area (Å²) in [4.78, 5) is 5.34. The van der Waals surface area contributed by atoms with Gasteiger partial charge in [-0.3, -0.25) is 4.99 Å². The van der Waals surface area contributed by atoms with E-state index in [0.29, 0.717) is 15.7 Å². The molecule has 0 aliphatic rings. The lowest BCUT2D eigenvalue weighted by atomic mass is 10.3. The monoisotopic (exact) mass is 299 g/mol. The first-order valence-electron chi connectivity index (χ1n) is 4.19. The zero-order valence-electron chi connectivity index (χ0n) is 8.56. The zero-order chi connectivity index (χ0) is 12.5. The fourth-order valence-electron chi connectivity index (χ4n) is 1.12. The number of anilines is 1. The van der Waals surface area contributed by atoms with E-state index < -0.39 is 0 Å². The Labute approximate surface area is 114 Å². The van der Waals surface area contributed by atoms with Gasteiger partial charge in [0.25, 0.3) is 0 Å². The minimum absolute atomic E-state index is 0.252. The number of benzene rings is 1. The third-order valence-electron chi connectivity index (χ3n) is 2.00. The summed E-state index contributed by atoms with van der Waals surface area (Å²) in [6, 6.07) is 1.48. The Hall–Kier alpha value is -0.350. The first kappa shape index (κ1) is 13.7. The van der Waals surface area contributed by atoms with E-state index in [1.807, 2.05) is 0 Å². The van der Waals surface area contributed by atoms with Crippen molar-refractivity contribution < 1.29 is 0 Å². The molecule has 0 aromatic heterocycles. The lowest BCUT2D eigenvalue weighted by Gasteiger charge is -2.21. The molecule has 1 aromatic rings. The molecule has 2 N–H and O–H groups in total. The fraction of sp³-hybridized carbons (Fsp3) is 0.222. The van der Waals surface area contributed by atoms with Crippen LogP contribution in [0.4, 0.5) is 5.69 Å². The smallest absolute Gasteiger partial charge is 0.195 e. The highest BCUT2D eigenvalue weighted by atomic mass is 35.5. The first-order chi connectivity index (χ1) is 7.40. The highest BCUT2D eigenvalue weighted by Crippen LogP contribution is 2.42. The summed E-state index contributed by atoms with van der Waals surface area (Å²) in [6.45, 7) is 0. The molecule has 0 aliphatic carbocycles. The highest BCUT2D eigenvalue weighted by Gasteiger charge is 2.18. The van der Waals surface area contributed by atoms with Crippen molar-refractivity contribution in [2.45, 2.75) is 0 Å². The largest absolute Gasteiger partial charge is 0.370 e. The van der Waals surface area contributed by atoms with Gasteiger partial charge in [-0.1, -0.05) is 46.4 Å². The van der Waals surface area contributed by atoms with E-state index in [1.165, 1.54) is 11.0 Å². The Morgan fingerprint density at radius 3 is 2.00 bits per heavy atom. The standard InChI is InChI=1S/C9H9Cl4N3/c1-15-9(14)16(2)8-6(12)4(10)3-5(11)7(8)13/h3H,1-2H3,(H2,14,15). The molecule has 0 saturated carbocycles. The van der Waals surface area contributed by atoms with E-state index >= 15 is 0 Å². The molecule has 0 spiro atoms. The third-order valence-corrected chi connectivity index (χ3v) is 3.55. The maximum atomic E-state index is 6.04. The fourth-order valence-corrected chi connectivity index (χ4v) is 2.17. The first-order valence-corrected chi connectivity index (χ1v) is 5.70. The topological polar surface area (TPSA) is 41.6 Å². The van der Waals surface area contributed by atoms with Gasteiger partial charge in [0.05, 0.1) is 25.8 Å². The van der Waals surface area contributed by atoms with Crippen LogP contribution in [0.1, 0.15) is 0 Å². The van der Waals surface area contributed by atoms with Crippen LogP contribution in [-0.4, -0.2) is 20.1 Å². The maximum Gasteiger partial charge on any atom is 0.195 e. The summed E-state index contributed by atoms with van der Waals surface area (Å²) < 4.78 is 0. The number of aliphatic imine (C=N–C) groups is 1. The second-order valence-electron chi connectivity index (χ2n) is 2.96. The van der Waals surface area contributed by atoms with Crippen LogP contribution in [0.5, 0.6) is 0 Å². The number of rotatable bonds is 1. The third kappa shape index (κ3) is 2.48. The molecule has 1 aromatic carbocycles. The van der Waals surface area contributed by atoms with E-state index in [-0.39, 0.29) is 16.0 Å². The predicted molar refractivity (Wildman–Crippen MR) is 72.4 cm³/mol. The van der Waals surface area contributed by atoms with Crippen LogP contribution < -0.4 is 10.6 Å². The number of nitrogens with two attached hydrogens (primary N) is 1. The van der Waals surface area contributed by atoms with Crippen LogP contribution in [0.25, 0.3) is 0 Å². The van der Waals surface area contributed by atoms with Gasteiger partial charge in [0.2, 0.25) is 0 Å². The van der Waals surface area contributed by atoms with Crippen LogP contribution in [0.15, 0.2) is 11.1 Å². The molecule has 7 heteroatoms. The summed E-state index contributed by atoms with van der Waals surface area (Å²) >= 11 is 23.9. The van der Waals surface area contributed by atoms with Gasteiger partial charge in [-0.15, -0.1) is 0 Å². The van der Waals surface area contributed by atoms with Crippen molar-refractivity contribution >= 4 is 58.1 Å². The lowest BCUT2D eigenvalue weighted by Crippen LogP contribution is -2.34. The normalized spacial score (nSPS) is 11.8. The molecule has 0 unspecified atom stereocenters. The molecule has 0 aliphatic heterocycles. The molecule has 0 amide bonds. The van der Waals surface area contributed by atoms with Crippen LogP contribution in [0.2, 0.25) is 20.1 Å². The van der Waals surface area contributed by atoms with E-state index in [9.17, 15) is 0 Å². The Bertz CT molecular complexity index is 419. The summed E-state index contributed by atoms with van der Waals surface area (Å²) in [7, 11) is 3.22. The second kappa shape index (κ2) is 5.32. The van der Waals surface area contributed by atoms with Gasteiger partial charge in [-0.05, 0) is 6.07 Å². The molecule has 0 saturated heterocycles. The summed E-state index contributed by atoms with van der Waals surface area (Å²) in [6.07, 6.45) is 0. The number of guanidine groups is 1. The quantitative estimate of drug-likeness (QED) is 0.488. The van der Waals surface area contributed by atoms with E-state index in [2.05, 4.69) is 4.99 Å². The summed E-state index contributed by atoms with van der Waals surface area (Å²) in [5.74, 6) is 0.252. The number of hydrogen-bond acceptors (Lipinski definition) is 1. The average molecular weight is 301 g/mol. The van der Waals surface area contributed by atoms with Crippen molar-refractivity contribution in [1.29, 1.82) is 0 Å². The van der Waals surface area contributed by atoms with Crippen molar-refractivity contribution in [3.05, 3.63) is 26.2 Å². The van der Waals surface area contributed by atoms with E-state index in [4.69, 9.17) is 52.1 Å². The molecule has 0 heterocycles. The van der Waals surface area contributed by atoms with Gasteiger partial charge in [-0.25, -0.2) is 0 Å². The number of halogens is 4. The molecular formula is C9H9Cl4N3. The number of hydrogen-bond donors (Lipinski definition) is 1. The minimum Gasteiger partial charge on any atom is -0.370 e. The summed E-state index contributed by atoms with van der Waals surface area (Å²) in [5, 5.41) is 1.18. The molecule has 0 fully saturated rings. The van der Waals surface area contributed by atoms with Crippen molar-refractivity contribution in [2.75, 3.05) is 19.0 Å². The molecule has 16 heavy (non-hydrogen) atoms. The van der Waals surface area contributed by atoms with Gasteiger partial charge in [-0.2, -0.15) is 0 Å². The van der Waals surface area contributed by atoms with Crippen LogP contribution >= 0.6 is 46.4 Å². The minimum atomic E-state index is 0.252. The SMILES string of the molecule is CN=C(N)N(C)c1c(Cl)c(Cl)cc(Cl)c1Cl. The van der Waals surface area contributed by atoms with Gasteiger partial charge in [0.15, 0.2) is 5.96 Å². The van der Waals surface area contributed by atoms with Crippen molar-refractivity contribution in [3.8, 4) is 0 Å². The molecule has 1 rings (SSSR count). The van der Waals surface area contributed by atoms with Gasteiger partial charge in [0, 0.05) is 14.1 Å². The molecule has 0 radical (unpaired) electrons. The lowest BCUT2D eigenvalue weighted by molar-refractivity contribution is 1.20. The van der Waals surface area contributed by atoms with Gasteiger partial charge in [0.1, 0.15) is 0 Å². The maximum absolute atomic E-state index is 6.04. The Morgan fingerprint density at radius 2 is 1.62 bits per heavy atom. The van der Waals surface area contributed by atoms with Crippen LogP contribution in [0.3, 0.4) is 0 Å². The van der Waals surface area contributed by atoms with E-state index in [0.717, 1.165) is 0 Å². The summed E-state index contributed by atoms with van der Waals surface area (Å²) in [5.41, 5.74) is 6.09. The van der Waals surface area contributed by atoms with Crippen LogP contribution in [0, 0.1) is 0 Å². The highest BCUT2D eigenvalue weighted by molar-refractivity contribution is 6.50. The number of nitrogens with zero attached hydrogens (tertiary/aromatic N) is 2. The van der Waals surface area contributed by atoms with Crippen molar-refractivity contribution in [1.82, 2.24) is 0 Å². The van der Waals surface area contributed by atoms with Gasteiger partial charge >= 0.3 is 0 Å². The molecule has 3 nitrogen and oxygen atoms in total. The Morgan fingerprint density at radius 1 is 1.19 bits per heavy atom. The zero-order valence-corrected chi connectivity index (χ0v) is 11.6. The molecule has 0 atom stereocenters. The molecule has 88 valence electrons.